The highest BCUT2D eigenvalue weighted by molar-refractivity contribution is 5.78. The molecule has 142 valence electrons. The van der Waals surface area contributed by atoms with Crippen LogP contribution >= 0.6 is 0 Å². The number of urea groups is 1. The lowest BCUT2D eigenvalue weighted by Gasteiger charge is -2.27. The molecule has 1 heterocycles. The summed E-state index contributed by atoms with van der Waals surface area (Å²) in [6.45, 7) is 2.55. The zero-order chi connectivity index (χ0) is 18.2. The number of nitrogens with one attached hydrogen (secondary N) is 1. The number of hydrogen-bond acceptors (Lipinski definition) is 3. The number of carbonyl (C=O) groups excluding carboxylic acids is 2. The molecule has 2 aliphatic rings. The van der Waals surface area contributed by atoms with Crippen molar-refractivity contribution >= 4 is 11.9 Å². The summed E-state index contributed by atoms with van der Waals surface area (Å²) in [6.07, 6.45) is 6.65. The molecule has 26 heavy (non-hydrogen) atoms. The molecule has 1 aliphatic carbocycles. The summed E-state index contributed by atoms with van der Waals surface area (Å²) in [7, 11) is 0. The molecule has 0 spiro atoms. The Morgan fingerprint density at radius 3 is 2.38 bits per heavy atom. The molecule has 2 fully saturated rings. The minimum Gasteiger partial charge on any atom is -0.484 e. The lowest BCUT2D eigenvalue weighted by Crippen LogP contribution is -2.47. The van der Waals surface area contributed by atoms with E-state index in [9.17, 15) is 9.59 Å². The van der Waals surface area contributed by atoms with Crippen LogP contribution in [0.2, 0.25) is 0 Å². The Labute approximate surface area is 155 Å². The van der Waals surface area contributed by atoms with Crippen LogP contribution in [0.4, 0.5) is 4.79 Å². The minimum atomic E-state index is -0.0246. The van der Waals surface area contributed by atoms with Crippen LogP contribution in [0.1, 0.15) is 38.5 Å². The summed E-state index contributed by atoms with van der Waals surface area (Å²) in [5.41, 5.74) is 0. The molecule has 1 N–H and O–H groups in total. The molecule has 0 bridgehead atoms. The van der Waals surface area contributed by atoms with Crippen molar-refractivity contribution < 1.29 is 14.3 Å². The standard InChI is InChI=1S/C20H29N3O3/c24-19(16-26-18-10-5-2-6-11-18)22-12-7-13-23(15-14-22)20(25)21-17-8-3-1-4-9-17/h2,5-6,10-11,17H,1,3-4,7-9,12-16H2,(H,21,25). The van der Waals surface area contributed by atoms with Crippen molar-refractivity contribution in [1.29, 1.82) is 0 Å². The first-order valence-corrected chi connectivity index (χ1v) is 9.73. The number of nitrogens with zero attached hydrogens (tertiary/aromatic N) is 2. The number of benzene rings is 1. The largest absolute Gasteiger partial charge is 0.484 e. The van der Waals surface area contributed by atoms with E-state index in [0.717, 1.165) is 19.3 Å². The van der Waals surface area contributed by atoms with Crippen molar-refractivity contribution in [3.63, 3.8) is 0 Å². The maximum Gasteiger partial charge on any atom is 0.317 e. The zero-order valence-electron chi connectivity index (χ0n) is 15.4. The molecule has 0 radical (unpaired) electrons. The second kappa shape index (κ2) is 9.46. The van der Waals surface area contributed by atoms with Gasteiger partial charge in [0.2, 0.25) is 0 Å². The van der Waals surface area contributed by atoms with Crippen LogP contribution in [0.25, 0.3) is 0 Å². The highest BCUT2D eigenvalue weighted by Crippen LogP contribution is 2.18. The Kier molecular flexibility index (Phi) is 6.75. The van der Waals surface area contributed by atoms with Gasteiger partial charge in [-0.25, -0.2) is 4.79 Å². The van der Waals surface area contributed by atoms with Crippen LogP contribution in [0, 0.1) is 0 Å². The second-order valence-electron chi connectivity index (χ2n) is 7.11. The van der Waals surface area contributed by atoms with E-state index >= 15 is 0 Å². The van der Waals surface area contributed by atoms with Crippen LogP contribution < -0.4 is 10.1 Å². The maximum atomic E-state index is 12.5. The number of hydrogen-bond donors (Lipinski definition) is 1. The van der Waals surface area contributed by atoms with E-state index in [4.69, 9.17) is 4.74 Å². The Balaban J connectivity index is 1.43. The molecule has 1 saturated carbocycles. The van der Waals surface area contributed by atoms with Crippen molar-refractivity contribution in [2.75, 3.05) is 32.8 Å². The predicted molar refractivity (Wildman–Crippen MR) is 100 cm³/mol. The predicted octanol–water partition coefficient (Wildman–Crippen LogP) is 2.64. The van der Waals surface area contributed by atoms with Crippen molar-refractivity contribution in [3.05, 3.63) is 30.3 Å². The molecule has 0 atom stereocenters. The third kappa shape index (κ3) is 5.38. The first kappa shape index (κ1) is 18.5. The fourth-order valence-electron chi connectivity index (χ4n) is 3.64. The first-order chi connectivity index (χ1) is 12.7. The van der Waals surface area contributed by atoms with E-state index in [1.54, 1.807) is 4.90 Å². The summed E-state index contributed by atoms with van der Waals surface area (Å²) in [5, 5.41) is 3.17. The SMILES string of the molecule is O=C(COc1ccccc1)N1CCCN(C(=O)NC2CCCCC2)CC1. The molecular weight excluding hydrogens is 330 g/mol. The lowest BCUT2D eigenvalue weighted by atomic mass is 9.96. The van der Waals surface area contributed by atoms with Crippen molar-refractivity contribution in [2.24, 2.45) is 0 Å². The van der Waals surface area contributed by atoms with Gasteiger partial charge in [0, 0.05) is 32.2 Å². The Morgan fingerprint density at radius 1 is 0.923 bits per heavy atom. The van der Waals surface area contributed by atoms with Gasteiger partial charge in [0.1, 0.15) is 5.75 Å². The van der Waals surface area contributed by atoms with E-state index in [0.29, 0.717) is 38.0 Å². The van der Waals surface area contributed by atoms with E-state index in [1.165, 1.54) is 19.3 Å². The third-order valence-corrected chi connectivity index (χ3v) is 5.17. The molecule has 1 aliphatic heterocycles. The molecule has 1 aromatic rings. The zero-order valence-corrected chi connectivity index (χ0v) is 15.4. The molecular formula is C20H29N3O3. The fourth-order valence-corrected chi connectivity index (χ4v) is 3.64. The monoisotopic (exact) mass is 359 g/mol. The molecule has 3 rings (SSSR count). The van der Waals surface area contributed by atoms with E-state index in [-0.39, 0.29) is 18.5 Å². The molecule has 0 unspecified atom stereocenters. The second-order valence-corrected chi connectivity index (χ2v) is 7.11. The average molecular weight is 359 g/mol. The topological polar surface area (TPSA) is 61.9 Å². The van der Waals surface area contributed by atoms with Gasteiger partial charge in [-0.3, -0.25) is 4.79 Å². The normalized spacial score (nSPS) is 18.9. The van der Waals surface area contributed by atoms with Crippen LogP contribution in [-0.4, -0.2) is 60.6 Å². The highest BCUT2D eigenvalue weighted by atomic mass is 16.5. The van der Waals surface area contributed by atoms with Gasteiger partial charge in [-0.2, -0.15) is 0 Å². The van der Waals surface area contributed by atoms with Gasteiger partial charge in [-0.1, -0.05) is 37.5 Å². The quantitative estimate of drug-likeness (QED) is 0.899. The average Bonchev–Trinajstić information content (AvgIpc) is 2.94. The van der Waals surface area contributed by atoms with Crippen LogP contribution in [-0.2, 0) is 4.79 Å². The number of ether oxygens (including phenoxy) is 1. The molecule has 3 amide bonds. The van der Waals surface area contributed by atoms with Gasteiger partial charge in [-0.05, 0) is 31.4 Å². The Hall–Kier alpha value is -2.24. The third-order valence-electron chi connectivity index (χ3n) is 5.17. The highest BCUT2D eigenvalue weighted by Gasteiger charge is 2.24. The van der Waals surface area contributed by atoms with Crippen molar-refractivity contribution in [1.82, 2.24) is 15.1 Å². The summed E-state index contributed by atoms with van der Waals surface area (Å²) < 4.78 is 5.55. The van der Waals surface area contributed by atoms with E-state index in [2.05, 4.69) is 5.32 Å². The number of carbonyl (C=O) groups is 2. The summed E-state index contributed by atoms with van der Waals surface area (Å²) in [6, 6.07) is 9.70. The Bertz CT molecular complexity index is 587. The molecule has 6 heteroatoms. The first-order valence-electron chi connectivity index (χ1n) is 9.73. The van der Waals surface area contributed by atoms with Gasteiger partial charge >= 0.3 is 6.03 Å². The van der Waals surface area contributed by atoms with Crippen molar-refractivity contribution in [2.45, 2.75) is 44.6 Å². The molecule has 1 saturated heterocycles. The van der Waals surface area contributed by atoms with E-state index < -0.39 is 0 Å². The Morgan fingerprint density at radius 2 is 1.62 bits per heavy atom. The van der Waals surface area contributed by atoms with Gasteiger partial charge in [0.15, 0.2) is 6.61 Å². The molecule has 6 nitrogen and oxygen atoms in total. The summed E-state index contributed by atoms with van der Waals surface area (Å²) in [4.78, 5) is 28.5. The number of rotatable bonds is 4. The fraction of sp³-hybridized carbons (Fsp3) is 0.600. The molecule has 1 aromatic carbocycles. The lowest BCUT2D eigenvalue weighted by molar-refractivity contribution is -0.133. The molecule has 0 aromatic heterocycles. The van der Waals surface area contributed by atoms with Crippen LogP contribution in [0.15, 0.2) is 30.3 Å². The summed E-state index contributed by atoms with van der Waals surface area (Å²) >= 11 is 0. The van der Waals surface area contributed by atoms with Gasteiger partial charge in [-0.15, -0.1) is 0 Å². The smallest absolute Gasteiger partial charge is 0.317 e. The van der Waals surface area contributed by atoms with E-state index in [1.807, 2.05) is 35.2 Å². The summed E-state index contributed by atoms with van der Waals surface area (Å²) in [5.74, 6) is 0.674. The van der Waals surface area contributed by atoms with Crippen molar-refractivity contribution in [3.8, 4) is 5.75 Å². The number of amides is 3. The van der Waals surface area contributed by atoms with Crippen LogP contribution in [0.5, 0.6) is 5.75 Å². The van der Waals surface area contributed by atoms with Gasteiger partial charge in [0.25, 0.3) is 5.91 Å². The van der Waals surface area contributed by atoms with Crippen LogP contribution in [0.3, 0.4) is 0 Å². The maximum absolute atomic E-state index is 12.5. The van der Waals surface area contributed by atoms with Gasteiger partial charge in [0.05, 0.1) is 0 Å². The number of para-hydroxylation sites is 1. The van der Waals surface area contributed by atoms with Gasteiger partial charge < -0.3 is 19.9 Å². The minimum absolute atomic E-state index is 0.0201.